The van der Waals surface area contributed by atoms with Crippen LogP contribution in [0.1, 0.15) is 41.5 Å². The van der Waals surface area contributed by atoms with Crippen molar-refractivity contribution in [3.05, 3.63) is 0 Å². The molecule has 0 amide bonds. The minimum Gasteiger partial charge on any atom is -0.211 e. The van der Waals surface area contributed by atoms with Crippen molar-refractivity contribution in [1.29, 1.82) is 0 Å². The van der Waals surface area contributed by atoms with E-state index in [-0.39, 0.29) is 0 Å². The molecule has 0 spiro atoms. The summed E-state index contributed by atoms with van der Waals surface area (Å²) in [5.41, 5.74) is -1.40. The van der Waals surface area contributed by atoms with Gasteiger partial charge in [-0.05, 0) is 41.5 Å². The average Bonchev–Trinajstić information content (AvgIpc) is 1.65. The van der Waals surface area contributed by atoms with Gasteiger partial charge >= 0.3 is 0 Å². The van der Waals surface area contributed by atoms with E-state index in [0.29, 0.717) is 0 Å². The maximum absolute atomic E-state index is 11.6. The molecular weight excluding hydrogens is 264 g/mol. The lowest BCUT2D eigenvalue weighted by Gasteiger charge is -2.23. The predicted molar refractivity (Wildman–Crippen MR) is 68.5 cm³/mol. The molecule has 17 heavy (non-hydrogen) atoms. The molecule has 0 saturated carbocycles. The smallest absolute Gasteiger partial charge is 0.211 e. The van der Waals surface area contributed by atoms with Crippen molar-refractivity contribution in [3.8, 4) is 0 Å². The molecule has 0 unspecified atom stereocenters. The van der Waals surface area contributed by atoms with Gasteiger partial charge in [-0.1, -0.05) is 0 Å². The largest absolute Gasteiger partial charge is 0.227 e. The van der Waals surface area contributed by atoms with E-state index in [1.165, 1.54) is 0 Å². The van der Waals surface area contributed by atoms with Crippen molar-refractivity contribution in [2.75, 3.05) is 5.08 Å². The second-order valence-electron chi connectivity index (χ2n) is 6.05. The van der Waals surface area contributed by atoms with E-state index in [0.717, 1.165) is 0 Å². The van der Waals surface area contributed by atoms with E-state index in [2.05, 4.69) is 9.44 Å². The fourth-order valence-electron chi connectivity index (χ4n) is 1.20. The normalized spacial score (nSPS) is 14.9. The zero-order valence-corrected chi connectivity index (χ0v) is 12.8. The van der Waals surface area contributed by atoms with Crippen LogP contribution in [0, 0.1) is 0 Å². The Balaban J connectivity index is 4.86. The zero-order valence-electron chi connectivity index (χ0n) is 11.2. The second kappa shape index (κ2) is 4.83. The van der Waals surface area contributed by atoms with E-state index < -0.39 is 36.2 Å². The molecule has 2 N–H and O–H groups in total. The molecule has 0 aliphatic rings. The summed E-state index contributed by atoms with van der Waals surface area (Å²) in [5, 5.41) is -0.964. The van der Waals surface area contributed by atoms with Crippen molar-refractivity contribution >= 4 is 20.0 Å². The van der Waals surface area contributed by atoms with Crippen LogP contribution in [-0.4, -0.2) is 33.0 Å². The number of rotatable bonds is 4. The lowest BCUT2D eigenvalue weighted by Crippen LogP contribution is -2.48. The van der Waals surface area contributed by atoms with E-state index in [1.54, 1.807) is 41.5 Å². The Bertz CT molecular complexity index is 408. The van der Waals surface area contributed by atoms with Crippen LogP contribution in [0.25, 0.3) is 0 Å². The van der Waals surface area contributed by atoms with E-state index in [9.17, 15) is 16.8 Å². The number of nitrogens with one attached hydrogen (secondary N) is 2. The molecule has 0 fully saturated rings. The van der Waals surface area contributed by atoms with Crippen molar-refractivity contribution in [2.24, 2.45) is 0 Å². The maximum Gasteiger partial charge on any atom is 0.227 e. The van der Waals surface area contributed by atoms with Crippen LogP contribution >= 0.6 is 0 Å². The second-order valence-corrected chi connectivity index (χ2v) is 9.86. The highest BCUT2D eigenvalue weighted by Crippen LogP contribution is 2.07. The molecule has 0 heterocycles. The summed E-state index contributed by atoms with van der Waals surface area (Å²) in [6, 6.07) is 0. The zero-order chi connectivity index (χ0) is 14.1. The van der Waals surface area contributed by atoms with Gasteiger partial charge in [0, 0.05) is 11.1 Å². The van der Waals surface area contributed by atoms with Crippen molar-refractivity contribution in [3.63, 3.8) is 0 Å². The molecule has 0 aromatic rings. The summed E-state index contributed by atoms with van der Waals surface area (Å²) in [6.07, 6.45) is 0. The summed E-state index contributed by atoms with van der Waals surface area (Å²) in [4.78, 5) is 0. The van der Waals surface area contributed by atoms with Gasteiger partial charge in [0.2, 0.25) is 20.0 Å². The first kappa shape index (κ1) is 16.8. The van der Waals surface area contributed by atoms with Gasteiger partial charge in [0.25, 0.3) is 0 Å². The molecule has 0 saturated heterocycles. The summed E-state index contributed by atoms with van der Waals surface area (Å²) in [5.74, 6) is 0. The average molecular weight is 286 g/mol. The highest BCUT2D eigenvalue weighted by atomic mass is 32.3. The lowest BCUT2D eigenvalue weighted by atomic mass is 10.1. The molecule has 8 heteroatoms. The van der Waals surface area contributed by atoms with Crippen LogP contribution in [0.15, 0.2) is 0 Å². The molecule has 0 aromatic carbocycles. The van der Waals surface area contributed by atoms with Gasteiger partial charge < -0.3 is 0 Å². The van der Waals surface area contributed by atoms with Gasteiger partial charge in [-0.15, -0.1) is 0 Å². The fraction of sp³-hybridized carbons (Fsp3) is 1.00. The van der Waals surface area contributed by atoms with Crippen LogP contribution in [0.3, 0.4) is 0 Å². The highest BCUT2D eigenvalue weighted by Gasteiger charge is 2.29. The van der Waals surface area contributed by atoms with Gasteiger partial charge in [0.05, 0.1) is 0 Å². The predicted octanol–water partition coefficient (Wildman–Crippen LogP) is 0.380. The Morgan fingerprint density at radius 1 is 0.706 bits per heavy atom. The molecular formula is C9H22N2O4S2. The molecule has 0 rings (SSSR count). The monoisotopic (exact) mass is 286 g/mol. The van der Waals surface area contributed by atoms with Gasteiger partial charge in [0.15, 0.2) is 5.08 Å². The Morgan fingerprint density at radius 3 is 1.12 bits per heavy atom. The number of hydrogen-bond acceptors (Lipinski definition) is 4. The molecule has 6 nitrogen and oxygen atoms in total. The molecule has 0 aliphatic heterocycles. The molecule has 0 bridgehead atoms. The summed E-state index contributed by atoms with van der Waals surface area (Å²) < 4.78 is 51.1. The minimum atomic E-state index is -3.87. The number of hydrogen-bond donors (Lipinski definition) is 2. The third-order valence-electron chi connectivity index (χ3n) is 1.23. The van der Waals surface area contributed by atoms with Gasteiger partial charge in [-0.2, -0.15) is 0 Å². The first-order valence-electron chi connectivity index (χ1n) is 5.15. The standard InChI is InChI=1S/C9H22N2O4S2/c1-8(2,3)10-16(12,13)7-17(14,15)11-9(4,5)6/h10-11H,7H2,1-6H3. The molecule has 104 valence electrons. The van der Waals surface area contributed by atoms with E-state index in [4.69, 9.17) is 0 Å². The minimum absolute atomic E-state index is 0.698. The van der Waals surface area contributed by atoms with Crippen LogP contribution in [-0.2, 0) is 20.0 Å². The van der Waals surface area contributed by atoms with Crippen molar-refractivity contribution in [1.82, 2.24) is 9.44 Å². The Kier molecular flexibility index (Phi) is 4.78. The third kappa shape index (κ3) is 9.51. The summed E-state index contributed by atoms with van der Waals surface area (Å²) >= 11 is 0. The van der Waals surface area contributed by atoms with Gasteiger partial charge in [0.1, 0.15) is 0 Å². The van der Waals surface area contributed by atoms with Crippen LogP contribution in [0.5, 0.6) is 0 Å². The molecule has 0 aromatic heterocycles. The molecule has 0 radical (unpaired) electrons. The highest BCUT2D eigenvalue weighted by molar-refractivity contribution is 8.06. The van der Waals surface area contributed by atoms with Crippen LogP contribution in [0.2, 0.25) is 0 Å². The maximum atomic E-state index is 11.6. The van der Waals surface area contributed by atoms with Crippen LogP contribution < -0.4 is 9.44 Å². The summed E-state index contributed by atoms with van der Waals surface area (Å²) in [6.45, 7) is 9.88. The van der Waals surface area contributed by atoms with Crippen molar-refractivity contribution < 1.29 is 16.8 Å². The van der Waals surface area contributed by atoms with Crippen LogP contribution in [0.4, 0.5) is 0 Å². The van der Waals surface area contributed by atoms with Gasteiger partial charge in [-0.3, -0.25) is 0 Å². The first-order chi connectivity index (χ1) is 7.12. The van der Waals surface area contributed by atoms with E-state index >= 15 is 0 Å². The molecule has 0 aliphatic carbocycles. The Morgan fingerprint density at radius 2 is 0.941 bits per heavy atom. The van der Waals surface area contributed by atoms with E-state index in [1.807, 2.05) is 0 Å². The number of sulfonamides is 2. The van der Waals surface area contributed by atoms with Gasteiger partial charge in [-0.25, -0.2) is 26.3 Å². The topological polar surface area (TPSA) is 92.3 Å². The quantitative estimate of drug-likeness (QED) is 0.781. The first-order valence-corrected chi connectivity index (χ1v) is 8.46. The Labute approximate surface area is 104 Å². The summed E-state index contributed by atoms with van der Waals surface area (Å²) in [7, 11) is -7.74. The fourth-order valence-corrected chi connectivity index (χ4v) is 5.17. The SMILES string of the molecule is CC(C)(C)NS(=O)(=O)CS(=O)(=O)NC(C)(C)C. The Hall–Kier alpha value is -0.180. The van der Waals surface area contributed by atoms with Crippen molar-refractivity contribution in [2.45, 2.75) is 52.6 Å². The third-order valence-corrected chi connectivity index (χ3v) is 5.56. The lowest BCUT2D eigenvalue weighted by molar-refractivity contribution is 0.486. The molecule has 0 atom stereocenters.